The van der Waals surface area contributed by atoms with Gasteiger partial charge in [-0.3, -0.25) is 0 Å². The van der Waals surface area contributed by atoms with Crippen molar-refractivity contribution < 1.29 is 4.74 Å². The fraction of sp³-hybridized carbons (Fsp3) is 0.615. The standard InChI is InChI=1S/C13H20N2O/c1-10(2)13-8-12(9-14)11(3)15(13)6-5-7-16-4/h8,10H,5-7H2,1-4H3. The van der Waals surface area contributed by atoms with E-state index in [2.05, 4.69) is 24.5 Å². The Morgan fingerprint density at radius 3 is 2.69 bits per heavy atom. The van der Waals surface area contributed by atoms with Gasteiger partial charge < -0.3 is 9.30 Å². The first-order valence-corrected chi connectivity index (χ1v) is 5.70. The van der Waals surface area contributed by atoms with Crippen molar-refractivity contribution in [1.82, 2.24) is 4.57 Å². The van der Waals surface area contributed by atoms with Crippen molar-refractivity contribution in [3.05, 3.63) is 23.0 Å². The molecule has 0 saturated heterocycles. The summed E-state index contributed by atoms with van der Waals surface area (Å²) in [4.78, 5) is 0. The van der Waals surface area contributed by atoms with Gasteiger partial charge in [-0.1, -0.05) is 13.8 Å². The topological polar surface area (TPSA) is 38.0 Å². The zero-order valence-electron chi connectivity index (χ0n) is 10.6. The highest BCUT2D eigenvalue weighted by atomic mass is 16.5. The highest BCUT2D eigenvalue weighted by Crippen LogP contribution is 2.22. The Balaban J connectivity index is 2.95. The highest BCUT2D eigenvalue weighted by molar-refractivity contribution is 5.38. The van der Waals surface area contributed by atoms with Gasteiger partial charge in [0.25, 0.3) is 0 Å². The van der Waals surface area contributed by atoms with Crippen LogP contribution in [0.4, 0.5) is 0 Å². The summed E-state index contributed by atoms with van der Waals surface area (Å²) in [5, 5.41) is 9.02. The average molecular weight is 220 g/mol. The van der Waals surface area contributed by atoms with Crippen LogP contribution in [0.2, 0.25) is 0 Å². The SMILES string of the molecule is COCCCn1c(C(C)C)cc(C#N)c1C. The van der Waals surface area contributed by atoms with Crippen LogP contribution in [0, 0.1) is 18.3 Å². The molecule has 0 fully saturated rings. The summed E-state index contributed by atoms with van der Waals surface area (Å²) in [5.74, 6) is 0.448. The lowest BCUT2D eigenvalue weighted by molar-refractivity contribution is 0.190. The number of ether oxygens (including phenoxy) is 1. The Labute approximate surface area is 97.6 Å². The Kier molecular flexibility index (Phi) is 4.57. The largest absolute Gasteiger partial charge is 0.385 e. The van der Waals surface area contributed by atoms with E-state index < -0.39 is 0 Å². The third-order valence-electron chi connectivity index (χ3n) is 2.84. The third kappa shape index (κ3) is 2.65. The minimum Gasteiger partial charge on any atom is -0.385 e. The minimum absolute atomic E-state index is 0.448. The number of hydrogen-bond acceptors (Lipinski definition) is 2. The smallest absolute Gasteiger partial charge is 0.101 e. The molecular formula is C13H20N2O. The van der Waals surface area contributed by atoms with Gasteiger partial charge in [-0.2, -0.15) is 5.26 Å². The summed E-state index contributed by atoms with van der Waals surface area (Å²) in [6, 6.07) is 4.26. The van der Waals surface area contributed by atoms with Crippen LogP contribution in [0.1, 0.15) is 43.1 Å². The summed E-state index contributed by atoms with van der Waals surface area (Å²) >= 11 is 0. The molecule has 3 nitrogen and oxygen atoms in total. The maximum Gasteiger partial charge on any atom is 0.101 e. The Hall–Kier alpha value is -1.27. The van der Waals surface area contributed by atoms with Crippen LogP contribution in [0.5, 0.6) is 0 Å². The molecule has 1 rings (SSSR count). The maximum absolute atomic E-state index is 9.02. The van der Waals surface area contributed by atoms with E-state index in [0.29, 0.717) is 5.92 Å². The molecule has 0 unspecified atom stereocenters. The lowest BCUT2D eigenvalue weighted by atomic mass is 10.1. The second kappa shape index (κ2) is 5.72. The van der Waals surface area contributed by atoms with Crippen molar-refractivity contribution in [2.45, 2.75) is 39.7 Å². The number of nitriles is 1. The zero-order chi connectivity index (χ0) is 12.1. The second-order valence-electron chi connectivity index (χ2n) is 4.33. The summed E-state index contributed by atoms with van der Waals surface area (Å²) in [6.45, 7) is 8.01. The summed E-state index contributed by atoms with van der Waals surface area (Å²) in [6.07, 6.45) is 0.983. The molecule has 1 aromatic rings. The first-order chi connectivity index (χ1) is 7.61. The monoisotopic (exact) mass is 220 g/mol. The molecule has 0 spiro atoms. The van der Waals surface area contributed by atoms with Gasteiger partial charge in [0.05, 0.1) is 5.56 Å². The molecule has 0 atom stereocenters. The Bertz CT molecular complexity index is 385. The Morgan fingerprint density at radius 2 is 2.19 bits per heavy atom. The third-order valence-corrected chi connectivity index (χ3v) is 2.84. The number of methoxy groups -OCH3 is 1. The van der Waals surface area contributed by atoms with Crippen LogP contribution >= 0.6 is 0 Å². The molecule has 0 saturated carbocycles. The van der Waals surface area contributed by atoms with E-state index in [4.69, 9.17) is 10.00 Å². The van der Waals surface area contributed by atoms with Gasteiger partial charge in [-0.15, -0.1) is 0 Å². The molecule has 0 aliphatic rings. The lowest BCUT2D eigenvalue weighted by Crippen LogP contribution is -2.08. The number of nitrogens with zero attached hydrogens (tertiary/aromatic N) is 2. The fourth-order valence-electron chi connectivity index (χ4n) is 1.92. The molecule has 1 aromatic heterocycles. The van der Waals surface area contributed by atoms with E-state index in [0.717, 1.165) is 30.8 Å². The van der Waals surface area contributed by atoms with Gasteiger partial charge in [0.15, 0.2) is 0 Å². The van der Waals surface area contributed by atoms with E-state index in [1.807, 2.05) is 13.0 Å². The summed E-state index contributed by atoms with van der Waals surface area (Å²) in [5.41, 5.74) is 3.11. The van der Waals surface area contributed by atoms with Gasteiger partial charge in [-0.25, -0.2) is 0 Å². The molecule has 0 radical (unpaired) electrons. The van der Waals surface area contributed by atoms with Gasteiger partial charge >= 0.3 is 0 Å². The fourth-order valence-corrected chi connectivity index (χ4v) is 1.92. The first-order valence-electron chi connectivity index (χ1n) is 5.70. The first kappa shape index (κ1) is 12.8. The molecule has 0 bridgehead atoms. The van der Waals surface area contributed by atoms with Crippen molar-refractivity contribution >= 4 is 0 Å². The van der Waals surface area contributed by atoms with Crippen LogP contribution in [-0.4, -0.2) is 18.3 Å². The van der Waals surface area contributed by atoms with E-state index in [1.165, 1.54) is 5.69 Å². The van der Waals surface area contributed by atoms with Gasteiger partial charge in [0.2, 0.25) is 0 Å². The Morgan fingerprint density at radius 1 is 1.50 bits per heavy atom. The highest BCUT2D eigenvalue weighted by Gasteiger charge is 2.13. The van der Waals surface area contributed by atoms with Crippen LogP contribution in [0.25, 0.3) is 0 Å². The second-order valence-corrected chi connectivity index (χ2v) is 4.33. The van der Waals surface area contributed by atoms with Crippen molar-refractivity contribution in [2.75, 3.05) is 13.7 Å². The quantitative estimate of drug-likeness (QED) is 0.716. The van der Waals surface area contributed by atoms with Crippen LogP contribution in [0.3, 0.4) is 0 Å². The molecule has 0 aliphatic heterocycles. The number of aromatic nitrogens is 1. The maximum atomic E-state index is 9.02. The van der Waals surface area contributed by atoms with E-state index in [9.17, 15) is 0 Å². The van der Waals surface area contributed by atoms with Crippen molar-refractivity contribution in [1.29, 1.82) is 5.26 Å². The zero-order valence-corrected chi connectivity index (χ0v) is 10.6. The van der Waals surface area contributed by atoms with Crippen LogP contribution in [-0.2, 0) is 11.3 Å². The van der Waals surface area contributed by atoms with Crippen molar-refractivity contribution in [3.8, 4) is 6.07 Å². The molecule has 1 heterocycles. The van der Waals surface area contributed by atoms with Crippen LogP contribution < -0.4 is 0 Å². The van der Waals surface area contributed by atoms with Crippen molar-refractivity contribution in [3.63, 3.8) is 0 Å². The molecule has 16 heavy (non-hydrogen) atoms. The molecule has 0 N–H and O–H groups in total. The number of rotatable bonds is 5. The van der Waals surface area contributed by atoms with Crippen LogP contribution in [0.15, 0.2) is 6.07 Å². The van der Waals surface area contributed by atoms with E-state index >= 15 is 0 Å². The van der Waals surface area contributed by atoms with E-state index in [-0.39, 0.29) is 0 Å². The molecule has 3 heteroatoms. The predicted octanol–water partition coefficient (Wildman–Crippen LogP) is 2.83. The predicted molar refractivity (Wildman–Crippen MR) is 64.5 cm³/mol. The normalized spacial score (nSPS) is 10.8. The van der Waals surface area contributed by atoms with E-state index in [1.54, 1.807) is 7.11 Å². The van der Waals surface area contributed by atoms with Gasteiger partial charge in [-0.05, 0) is 25.3 Å². The minimum atomic E-state index is 0.448. The number of hydrogen-bond donors (Lipinski definition) is 0. The lowest BCUT2D eigenvalue weighted by Gasteiger charge is -2.13. The molecule has 0 aliphatic carbocycles. The molecule has 88 valence electrons. The molecular weight excluding hydrogens is 200 g/mol. The van der Waals surface area contributed by atoms with Crippen molar-refractivity contribution in [2.24, 2.45) is 0 Å². The van der Waals surface area contributed by atoms with Gasteiger partial charge in [0.1, 0.15) is 6.07 Å². The average Bonchev–Trinajstić information content (AvgIpc) is 2.57. The summed E-state index contributed by atoms with van der Waals surface area (Å²) < 4.78 is 7.30. The van der Waals surface area contributed by atoms with Gasteiger partial charge in [0, 0.05) is 31.6 Å². The summed E-state index contributed by atoms with van der Waals surface area (Å²) in [7, 11) is 1.71. The molecule has 0 amide bonds. The molecule has 0 aromatic carbocycles.